The van der Waals surface area contributed by atoms with Gasteiger partial charge in [0.15, 0.2) is 0 Å². The highest BCUT2D eigenvalue weighted by atomic mass is 17.2. The number of hydrogen-bond donors (Lipinski definition) is 0. The second kappa shape index (κ2) is 6.15. The van der Waals surface area contributed by atoms with Gasteiger partial charge in [0, 0.05) is 12.2 Å². The number of esters is 1. The van der Waals surface area contributed by atoms with Crippen molar-refractivity contribution in [3.63, 3.8) is 0 Å². The SMILES string of the molecule is CC1COC(=O)/C=C\C(=O)OOCCO1. The molecule has 15 heavy (non-hydrogen) atoms. The number of cyclic esters (lactones) is 1. The summed E-state index contributed by atoms with van der Waals surface area (Å²) in [5.74, 6) is -1.39. The topological polar surface area (TPSA) is 71.1 Å². The van der Waals surface area contributed by atoms with Gasteiger partial charge < -0.3 is 9.47 Å². The van der Waals surface area contributed by atoms with Crippen molar-refractivity contribution >= 4 is 11.9 Å². The van der Waals surface area contributed by atoms with E-state index in [9.17, 15) is 9.59 Å². The molecule has 0 fully saturated rings. The van der Waals surface area contributed by atoms with E-state index < -0.39 is 11.9 Å². The molecule has 1 aliphatic rings. The van der Waals surface area contributed by atoms with Crippen molar-refractivity contribution in [2.24, 2.45) is 0 Å². The van der Waals surface area contributed by atoms with Gasteiger partial charge in [-0.05, 0) is 6.92 Å². The van der Waals surface area contributed by atoms with Gasteiger partial charge in [0.25, 0.3) is 0 Å². The zero-order valence-electron chi connectivity index (χ0n) is 8.30. The summed E-state index contributed by atoms with van der Waals surface area (Å²) in [6, 6.07) is 0. The van der Waals surface area contributed by atoms with Crippen molar-refractivity contribution in [2.75, 3.05) is 19.8 Å². The number of carbonyl (C=O) groups is 2. The smallest absolute Gasteiger partial charge is 0.366 e. The van der Waals surface area contributed by atoms with Gasteiger partial charge in [-0.3, -0.25) is 4.89 Å². The Hall–Kier alpha value is -1.40. The Bertz CT molecular complexity index is 259. The van der Waals surface area contributed by atoms with E-state index >= 15 is 0 Å². The molecule has 0 saturated heterocycles. The maximum absolute atomic E-state index is 11.0. The van der Waals surface area contributed by atoms with E-state index in [1.165, 1.54) is 0 Å². The van der Waals surface area contributed by atoms with Crippen molar-refractivity contribution in [2.45, 2.75) is 13.0 Å². The molecule has 0 saturated carbocycles. The molecule has 6 heteroatoms. The fraction of sp³-hybridized carbons (Fsp3) is 0.556. The molecular formula is C9H12O6. The molecule has 0 bridgehead atoms. The van der Waals surface area contributed by atoms with E-state index in [0.717, 1.165) is 12.2 Å². The lowest BCUT2D eigenvalue weighted by Gasteiger charge is -2.12. The largest absolute Gasteiger partial charge is 0.460 e. The van der Waals surface area contributed by atoms with E-state index in [4.69, 9.17) is 9.47 Å². The maximum Gasteiger partial charge on any atom is 0.366 e. The maximum atomic E-state index is 11.0. The van der Waals surface area contributed by atoms with Gasteiger partial charge >= 0.3 is 11.9 Å². The Morgan fingerprint density at radius 2 is 1.93 bits per heavy atom. The van der Waals surface area contributed by atoms with Gasteiger partial charge in [0.1, 0.15) is 13.2 Å². The lowest BCUT2D eigenvalue weighted by atomic mass is 10.4. The second-order valence-electron chi connectivity index (χ2n) is 2.87. The number of rotatable bonds is 0. The van der Waals surface area contributed by atoms with Crippen LogP contribution in [-0.4, -0.2) is 37.9 Å². The van der Waals surface area contributed by atoms with Gasteiger partial charge in [-0.15, -0.1) is 0 Å². The molecule has 0 aromatic rings. The molecule has 0 radical (unpaired) electrons. The van der Waals surface area contributed by atoms with Gasteiger partial charge in [0.2, 0.25) is 0 Å². The summed E-state index contributed by atoms with van der Waals surface area (Å²) >= 11 is 0. The molecule has 1 atom stereocenters. The van der Waals surface area contributed by atoms with Gasteiger partial charge in [-0.1, -0.05) is 0 Å². The third kappa shape index (κ3) is 5.14. The van der Waals surface area contributed by atoms with Crippen molar-refractivity contribution < 1.29 is 28.8 Å². The number of ether oxygens (including phenoxy) is 2. The molecule has 0 spiro atoms. The first-order valence-electron chi connectivity index (χ1n) is 4.48. The molecule has 1 unspecified atom stereocenters. The predicted octanol–water partition coefficient (Wildman–Crippen LogP) is -0.0207. The molecular weight excluding hydrogens is 204 g/mol. The quantitative estimate of drug-likeness (QED) is 0.418. The van der Waals surface area contributed by atoms with E-state index in [1.807, 2.05) is 0 Å². The van der Waals surface area contributed by atoms with E-state index in [1.54, 1.807) is 6.92 Å². The summed E-state index contributed by atoms with van der Waals surface area (Å²) in [4.78, 5) is 30.6. The van der Waals surface area contributed by atoms with Crippen LogP contribution in [-0.2, 0) is 28.8 Å². The summed E-state index contributed by atoms with van der Waals surface area (Å²) < 4.78 is 9.96. The van der Waals surface area contributed by atoms with Gasteiger partial charge in [0.05, 0.1) is 12.7 Å². The summed E-state index contributed by atoms with van der Waals surface area (Å²) in [5.41, 5.74) is 0. The minimum atomic E-state index is -0.763. The van der Waals surface area contributed by atoms with Crippen LogP contribution in [0.1, 0.15) is 6.92 Å². The van der Waals surface area contributed by atoms with E-state index in [2.05, 4.69) is 9.78 Å². The zero-order valence-corrected chi connectivity index (χ0v) is 8.30. The molecule has 0 aliphatic carbocycles. The highest BCUT2D eigenvalue weighted by Gasteiger charge is 2.08. The summed E-state index contributed by atoms with van der Waals surface area (Å²) in [5, 5.41) is 0. The van der Waals surface area contributed by atoms with Crippen LogP contribution < -0.4 is 0 Å². The van der Waals surface area contributed by atoms with Gasteiger partial charge in [-0.25, -0.2) is 9.59 Å². The molecule has 0 N–H and O–H groups in total. The van der Waals surface area contributed by atoms with Crippen molar-refractivity contribution in [3.05, 3.63) is 12.2 Å². The average molecular weight is 216 g/mol. The third-order valence-electron chi connectivity index (χ3n) is 1.53. The first kappa shape index (κ1) is 11.7. The molecule has 0 amide bonds. The Morgan fingerprint density at radius 1 is 1.20 bits per heavy atom. The van der Waals surface area contributed by atoms with Crippen LogP contribution in [0.25, 0.3) is 0 Å². The molecule has 1 rings (SSSR count). The number of hydrogen-bond acceptors (Lipinski definition) is 6. The first-order chi connectivity index (χ1) is 7.18. The fourth-order valence-corrected chi connectivity index (χ4v) is 0.843. The summed E-state index contributed by atoms with van der Waals surface area (Å²) in [6.45, 7) is 2.29. The standard InChI is InChI=1S/C9H12O6/c1-7-6-13-8(10)2-3-9(11)15-14-5-4-12-7/h2-3,7H,4-6H2,1H3/b3-2-. The molecule has 1 heterocycles. The number of carbonyl (C=O) groups excluding carboxylic acids is 2. The van der Waals surface area contributed by atoms with Gasteiger partial charge in [-0.2, -0.15) is 4.89 Å². The molecule has 0 aromatic heterocycles. The monoisotopic (exact) mass is 216 g/mol. The van der Waals surface area contributed by atoms with Crippen LogP contribution in [0.5, 0.6) is 0 Å². The van der Waals surface area contributed by atoms with Crippen molar-refractivity contribution in [1.82, 2.24) is 0 Å². The minimum absolute atomic E-state index is 0.137. The second-order valence-corrected chi connectivity index (χ2v) is 2.87. The highest BCUT2D eigenvalue weighted by molar-refractivity contribution is 5.91. The van der Waals surface area contributed by atoms with Crippen LogP contribution >= 0.6 is 0 Å². The Kier molecular flexibility index (Phi) is 4.79. The Labute approximate surface area is 86.7 Å². The minimum Gasteiger partial charge on any atom is -0.460 e. The summed E-state index contributed by atoms with van der Waals surface area (Å²) in [7, 11) is 0. The first-order valence-corrected chi connectivity index (χ1v) is 4.48. The normalized spacial score (nSPS) is 26.9. The lowest BCUT2D eigenvalue weighted by molar-refractivity contribution is -0.273. The summed E-state index contributed by atoms with van der Waals surface area (Å²) in [6.07, 6.45) is 1.69. The molecule has 0 aromatic carbocycles. The molecule has 84 valence electrons. The Balaban J connectivity index is 2.49. The van der Waals surface area contributed by atoms with E-state index in [-0.39, 0.29) is 25.9 Å². The van der Waals surface area contributed by atoms with Crippen molar-refractivity contribution in [3.8, 4) is 0 Å². The highest BCUT2D eigenvalue weighted by Crippen LogP contribution is 1.96. The fourth-order valence-electron chi connectivity index (χ4n) is 0.843. The Morgan fingerprint density at radius 3 is 2.73 bits per heavy atom. The molecule has 1 aliphatic heterocycles. The predicted molar refractivity (Wildman–Crippen MR) is 47.6 cm³/mol. The van der Waals surface area contributed by atoms with Crippen LogP contribution in [0.15, 0.2) is 12.2 Å². The van der Waals surface area contributed by atoms with E-state index in [0.29, 0.717) is 0 Å². The zero-order chi connectivity index (χ0) is 11.1. The van der Waals surface area contributed by atoms with Crippen LogP contribution in [0.2, 0.25) is 0 Å². The molecule has 6 nitrogen and oxygen atoms in total. The average Bonchev–Trinajstić information content (AvgIpc) is 2.21. The van der Waals surface area contributed by atoms with Crippen molar-refractivity contribution in [1.29, 1.82) is 0 Å². The third-order valence-corrected chi connectivity index (χ3v) is 1.53. The van der Waals surface area contributed by atoms with Crippen LogP contribution in [0, 0.1) is 0 Å². The lowest BCUT2D eigenvalue weighted by Crippen LogP contribution is -2.21. The van der Waals surface area contributed by atoms with Crippen LogP contribution in [0.4, 0.5) is 0 Å². The van der Waals surface area contributed by atoms with Crippen LogP contribution in [0.3, 0.4) is 0 Å².